The van der Waals surface area contributed by atoms with E-state index >= 15 is 0 Å². The van der Waals surface area contributed by atoms with Gasteiger partial charge < -0.3 is 26.2 Å². The molecule has 5 N–H and O–H groups in total. The molecule has 2 unspecified atom stereocenters. The molecule has 7 heteroatoms. The van der Waals surface area contributed by atoms with Crippen LogP contribution in [-0.2, 0) is 11.8 Å². The van der Waals surface area contributed by atoms with E-state index in [2.05, 4.69) is 61.5 Å². The van der Waals surface area contributed by atoms with Crippen LogP contribution < -0.4 is 16.0 Å². The van der Waals surface area contributed by atoms with Crippen LogP contribution in [0.5, 0.6) is 0 Å². The molecule has 2 heterocycles. The molecule has 0 amide bonds. The lowest BCUT2D eigenvalue weighted by Gasteiger charge is -2.33. The Hall–Kier alpha value is -1.51. The average Bonchev–Trinajstić information content (AvgIpc) is 3.35. The first kappa shape index (κ1) is 27.1. The molecule has 3 rings (SSSR count). The first-order valence-electron chi connectivity index (χ1n) is 12.9. The van der Waals surface area contributed by atoms with Crippen molar-refractivity contribution in [2.24, 2.45) is 5.73 Å². The van der Waals surface area contributed by atoms with Crippen LogP contribution in [0.3, 0.4) is 0 Å². The van der Waals surface area contributed by atoms with E-state index in [0.717, 1.165) is 43.2 Å². The second-order valence-electron chi connectivity index (χ2n) is 10.3. The predicted octanol–water partition coefficient (Wildman–Crippen LogP) is 4.08. The number of aryl methyl sites for hydroxylation is 1. The summed E-state index contributed by atoms with van der Waals surface area (Å²) in [6, 6.07) is 6.69. The van der Waals surface area contributed by atoms with Crippen molar-refractivity contribution in [2.75, 3.05) is 31.1 Å². The third-order valence-corrected chi connectivity index (χ3v) is 8.15. The highest BCUT2D eigenvalue weighted by Gasteiger charge is 2.25. The van der Waals surface area contributed by atoms with Crippen molar-refractivity contribution in [3.8, 4) is 11.3 Å². The third kappa shape index (κ3) is 6.79. The Balaban J connectivity index is 1.61. The van der Waals surface area contributed by atoms with Crippen LogP contribution in [0.1, 0.15) is 70.9 Å². The van der Waals surface area contributed by atoms with E-state index in [1.807, 2.05) is 0 Å². The van der Waals surface area contributed by atoms with Gasteiger partial charge in [0.15, 0.2) is 5.13 Å². The number of unbranched alkanes of at least 4 members (excludes halogenated alkanes) is 1. The molecular formula is C27H44N4O2S. The van der Waals surface area contributed by atoms with Crippen LogP contribution in [-0.4, -0.2) is 59.6 Å². The van der Waals surface area contributed by atoms with E-state index in [9.17, 15) is 5.11 Å². The minimum absolute atomic E-state index is 0.199. The molecule has 2 aromatic rings. The quantitative estimate of drug-likeness (QED) is 0.360. The highest BCUT2D eigenvalue weighted by Crippen LogP contribution is 2.35. The van der Waals surface area contributed by atoms with Gasteiger partial charge in [0.2, 0.25) is 0 Å². The fourth-order valence-electron chi connectivity index (χ4n) is 4.84. The number of rotatable bonds is 12. The third-order valence-electron chi connectivity index (χ3n) is 7.24. The molecule has 0 radical (unpaired) electrons. The first-order valence-corrected chi connectivity index (χ1v) is 13.8. The average molecular weight is 489 g/mol. The Morgan fingerprint density at radius 2 is 2.00 bits per heavy atom. The maximum atomic E-state index is 9.96. The SMILES string of the molecule is CCCCC(C)(C)c1ccc(-c2csc(N3CCC(NCC(O)C(N)CO)CC3)n2)cc1CC. The normalized spacial score (nSPS) is 17.2. The maximum absolute atomic E-state index is 9.96. The summed E-state index contributed by atoms with van der Waals surface area (Å²) < 4.78 is 0. The zero-order chi connectivity index (χ0) is 24.7. The largest absolute Gasteiger partial charge is 0.395 e. The van der Waals surface area contributed by atoms with Crippen LogP contribution in [0.25, 0.3) is 11.3 Å². The molecule has 1 aromatic carbocycles. The molecule has 6 nitrogen and oxygen atoms in total. The topological polar surface area (TPSA) is 94.6 Å². The molecule has 1 aromatic heterocycles. The van der Waals surface area contributed by atoms with Gasteiger partial charge in [-0.25, -0.2) is 4.98 Å². The lowest BCUT2D eigenvalue weighted by molar-refractivity contribution is 0.104. The van der Waals surface area contributed by atoms with Crippen LogP contribution in [0.2, 0.25) is 0 Å². The standard InChI is InChI=1S/C27H44N4O2S/c1-5-7-12-27(3,4)22-9-8-20(15-19(22)6-2)24-18-34-26(30-24)31-13-10-21(11-14-31)29-16-25(33)23(28)17-32/h8-9,15,18,21,23,25,29,32-33H,5-7,10-14,16-17,28H2,1-4H3. The number of nitrogens with one attached hydrogen (secondary N) is 1. The number of aromatic nitrogens is 1. The second-order valence-corrected chi connectivity index (χ2v) is 11.1. The van der Waals surface area contributed by atoms with Gasteiger partial charge in [0, 0.05) is 36.6 Å². The molecule has 190 valence electrons. The Kier molecular flexibility index (Phi) is 9.92. The Labute approximate surface area is 209 Å². The minimum Gasteiger partial charge on any atom is -0.395 e. The Morgan fingerprint density at radius 3 is 2.65 bits per heavy atom. The predicted molar refractivity (Wildman–Crippen MR) is 144 cm³/mol. The summed E-state index contributed by atoms with van der Waals surface area (Å²) in [4.78, 5) is 7.36. The van der Waals surface area contributed by atoms with Crippen molar-refractivity contribution in [3.05, 3.63) is 34.7 Å². The lowest BCUT2D eigenvalue weighted by atomic mass is 9.77. The molecule has 34 heavy (non-hydrogen) atoms. The zero-order valence-electron chi connectivity index (χ0n) is 21.4. The van der Waals surface area contributed by atoms with Gasteiger partial charge in [-0.3, -0.25) is 0 Å². The number of benzene rings is 1. The van der Waals surface area contributed by atoms with Crippen molar-refractivity contribution in [3.63, 3.8) is 0 Å². The smallest absolute Gasteiger partial charge is 0.185 e. The van der Waals surface area contributed by atoms with E-state index in [4.69, 9.17) is 15.8 Å². The van der Waals surface area contributed by atoms with Gasteiger partial charge in [-0.15, -0.1) is 11.3 Å². The molecule has 2 atom stereocenters. The molecule has 0 spiro atoms. The first-order chi connectivity index (χ1) is 16.3. The van der Waals surface area contributed by atoms with Crippen molar-refractivity contribution in [1.29, 1.82) is 0 Å². The Bertz CT molecular complexity index is 893. The van der Waals surface area contributed by atoms with Crippen LogP contribution >= 0.6 is 11.3 Å². The number of aliphatic hydroxyl groups excluding tert-OH is 2. The van der Waals surface area contributed by atoms with Gasteiger partial charge in [-0.05, 0) is 48.3 Å². The second kappa shape index (κ2) is 12.5. The van der Waals surface area contributed by atoms with Gasteiger partial charge in [-0.2, -0.15) is 0 Å². The summed E-state index contributed by atoms with van der Waals surface area (Å²) in [6.07, 6.45) is 6.02. The molecule has 1 fully saturated rings. The fourth-order valence-corrected chi connectivity index (χ4v) is 5.73. The molecular weight excluding hydrogens is 444 g/mol. The van der Waals surface area contributed by atoms with Crippen LogP contribution in [0, 0.1) is 0 Å². The summed E-state index contributed by atoms with van der Waals surface area (Å²) in [5, 5.41) is 25.7. The molecule has 1 aliphatic rings. The summed E-state index contributed by atoms with van der Waals surface area (Å²) in [5.74, 6) is 0. The van der Waals surface area contributed by atoms with Crippen molar-refractivity contribution < 1.29 is 10.2 Å². The minimum atomic E-state index is -0.721. The van der Waals surface area contributed by atoms with Gasteiger partial charge >= 0.3 is 0 Å². The van der Waals surface area contributed by atoms with Crippen molar-refractivity contribution in [1.82, 2.24) is 10.3 Å². The fraction of sp³-hybridized carbons (Fsp3) is 0.667. The molecule has 1 saturated heterocycles. The molecule has 0 saturated carbocycles. The van der Waals surface area contributed by atoms with E-state index < -0.39 is 12.1 Å². The number of aliphatic hydroxyl groups is 2. The molecule has 0 aliphatic carbocycles. The van der Waals surface area contributed by atoms with Gasteiger partial charge in [0.05, 0.1) is 24.4 Å². The number of nitrogens with two attached hydrogens (primary N) is 1. The number of anilines is 1. The summed E-state index contributed by atoms with van der Waals surface area (Å²) >= 11 is 1.72. The maximum Gasteiger partial charge on any atom is 0.185 e. The van der Waals surface area contributed by atoms with Crippen molar-refractivity contribution in [2.45, 2.75) is 89.8 Å². The monoisotopic (exact) mass is 488 g/mol. The summed E-state index contributed by atoms with van der Waals surface area (Å²) in [6.45, 7) is 11.4. The summed E-state index contributed by atoms with van der Waals surface area (Å²) in [5.41, 5.74) is 11.1. The highest BCUT2D eigenvalue weighted by molar-refractivity contribution is 7.14. The van der Waals surface area contributed by atoms with Gasteiger partial charge in [0.1, 0.15) is 0 Å². The van der Waals surface area contributed by atoms with Crippen LogP contribution in [0.15, 0.2) is 23.6 Å². The lowest BCUT2D eigenvalue weighted by Crippen LogP contribution is -2.49. The Morgan fingerprint density at radius 1 is 1.26 bits per heavy atom. The summed E-state index contributed by atoms with van der Waals surface area (Å²) in [7, 11) is 0. The van der Waals surface area contributed by atoms with Gasteiger partial charge in [0.25, 0.3) is 0 Å². The number of piperidine rings is 1. The highest BCUT2D eigenvalue weighted by atomic mass is 32.1. The van der Waals surface area contributed by atoms with Crippen molar-refractivity contribution >= 4 is 16.5 Å². The number of hydrogen-bond donors (Lipinski definition) is 4. The molecule has 1 aliphatic heterocycles. The number of thiazole rings is 1. The van der Waals surface area contributed by atoms with E-state index in [1.54, 1.807) is 11.3 Å². The number of nitrogens with zero attached hydrogens (tertiary/aromatic N) is 2. The van der Waals surface area contributed by atoms with E-state index in [1.165, 1.54) is 36.0 Å². The number of hydrogen-bond acceptors (Lipinski definition) is 7. The van der Waals surface area contributed by atoms with Gasteiger partial charge in [-0.1, -0.05) is 52.7 Å². The zero-order valence-corrected chi connectivity index (χ0v) is 22.2. The van der Waals surface area contributed by atoms with Crippen LogP contribution in [0.4, 0.5) is 5.13 Å². The van der Waals surface area contributed by atoms with E-state index in [0.29, 0.717) is 12.6 Å². The van der Waals surface area contributed by atoms with E-state index in [-0.39, 0.29) is 12.0 Å². The molecule has 0 bridgehead atoms.